The Bertz CT molecular complexity index is 977. The van der Waals surface area contributed by atoms with Crippen LogP contribution in [0.3, 0.4) is 0 Å². The minimum absolute atomic E-state index is 0.0812. The van der Waals surface area contributed by atoms with Gasteiger partial charge in [0.2, 0.25) is 0 Å². The lowest BCUT2D eigenvalue weighted by atomic mass is 10.1. The number of aromatic hydroxyl groups is 1. The van der Waals surface area contributed by atoms with Crippen LogP contribution in [0.25, 0.3) is 11.3 Å². The number of phenols is 1. The van der Waals surface area contributed by atoms with Crippen molar-refractivity contribution in [3.63, 3.8) is 0 Å². The first-order valence-electron chi connectivity index (χ1n) is 7.22. The van der Waals surface area contributed by atoms with Gasteiger partial charge in [0.15, 0.2) is 11.6 Å². The third kappa shape index (κ3) is 3.68. The summed E-state index contributed by atoms with van der Waals surface area (Å²) >= 11 is 4.69. The van der Waals surface area contributed by atoms with Crippen molar-refractivity contribution in [2.75, 3.05) is 0 Å². The van der Waals surface area contributed by atoms with Crippen molar-refractivity contribution in [2.45, 2.75) is 6.61 Å². The van der Waals surface area contributed by atoms with E-state index in [0.717, 1.165) is 21.5 Å². The normalized spacial score (nSPS) is 10.7. The number of nitrogens with two attached hydrogens (primary N) is 1. The number of halogens is 3. The standard InChI is InChI=1S/C17H11BrF2N2O3S/c18-16-15(8-1-3-9(23)4-2-8)22-12(26-16)7-25-11-6-5-10(19)13(14(11)20)17(21)24/h1-6,23H,7H2,(H2,21,24). The zero-order chi connectivity index (χ0) is 18.8. The topological polar surface area (TPSA) is 85.4 Å². The van der Waals surface area contributed by atoms with Crippen LogP contribution in [0.5, 0.6) is 11.5 Å². The Kier molecular flexibility index (Phi) is 5.19. The molecule has 1 aromatic heterocycles. The highest BCUT2D eigenvalue weighted by molar-refractivity contribution is 9.11. The molecule has 0 atom stereocenters. The Hall–Kier alpha value is -2.52. The molecule has 0 aliphatic carbocycles. The molecule has 0 aliphatic heterocycles. The average Bonchev–Trinajstić information content (AvgIpc) is 2.95. The van der Waals surface area contributed by atoms with Gasteiger partial charge in [0.05, 0.1) is 9.48 Å². The van der Waals surface area contributed by atoms with E-state index < -0.39 is 23.1 Å². The van der Waals surface area contributed by atoms with Gasteiger partial charge in [0.25, 0.3) is 5.91 Å². The summed E-state index contributed by atoms with van der Waals surface area (Å²) in [6.07, 6.45) is 0. The van der Waals surface area contributed by atoms with E-state index in [9.17, 15) is 18.7 Å². The molecule has 5 nitrogen and oxygen atoms in total. The number of primary amides is 1. The van der Waals surface area contributed by atoms with Crippen molar-refractivity contribution in [2.24, 2.45) is 5.73 Å². The molecule has 0 saturated carbocycles. The number of benzene rings is 2. The molecule has 2 aromatic carbocycles. The van der Waals surface area contributed by atoms with Crippen molar-refractivity contribution in [3.8, 4) is 22.8 Å². The van der Waals surface area contributed by atoms with E-state index in [1.165, 1.54) is 23.5 Å². The molecule has 0 bridgehead atoms. The van der Waals surface area contributed by atoms with E-state index >= 15 is 0 Å². The highest BCUT2D eigenvalue weighted by Gasteiger charge is 2.20. The highest BCUT2D eigenvalue weighted by atomic mass is 79.9. The van der Waals surface area contributed by atoms with Crippen molar-refractivity contribution in [1.82, 2.24) is 4.98 Å². The minimum atomic E-state index is -1.21. The van der Waals surface area contributed by atoms with Crippen LogP contribution in [-0.4, -0.2) is 16.0 Å². The van der Waals surface area contributed by atoms with Crippen molar-refractivity contribution in [1.29, 1.82) is 0 Å². The number of hydrogen-bond acceptors (Lipinski definition) is 5. The number of amides is 1. The Balaban J connectivity index is 1.81. The number of carbonyl (C=O) groups excluding carboxylic acids is 1. The van der Waals surface area contributed by atoms with Crippen LogP contribution in [0, 0.1) is 11.6 Å². The van der Waals surface area contributed by atoms with Crippen LogP contribution in [0.15, 0.2) is 40.2 Å². The van der Waals surface area contributed by atoms with Gasteiger partial charge in [-0.05, 0) is 52.3 Å². The van der Waals surface area contributed by atoms with Crippen LogP contribution in [0.2, 0.25) is 0 Å². The van der Waals surface area contributed by atoms with E-state index in [1.807, 2.05) is 0 Å². The Morgan fingerprint density at radius 2 is 1.92 bits per heavy atom. The summed E-state index contributed by atoms with van der Waals surface area (Å²) in [5, 5.41) is 9.88. The predicted molar refractivity (Wildman–Crippen MR) is 96.1 cm³/mol. The number of ether oxygens (including phenoxy) is 1. The third-order valence-corrected chi connectivity index (χ3v) is 5.10. The number of carbonyl (C=O) groups is 1. The predicted octanol–water partition coefficient (Wildman–Crippen LogP) is 4.23. The molecule has 0 fully saturated rings. The fraction of sp³-hybridized carbons (Fsp3) is 0.0588. The van der Waals surface area contributed by atoms with Gasteiger partial charge in [-0.25, -0.2) is 13.8 Å². The fourth-order valence-corrected chi connectivity index (χ4v) is 3.81. The van der Waals surface area contributed by atoms with E-state index in [1.54, 1.807) is 12.1 Å². The summed E-state index contributed by atoms with van der Waals surface area (Å²) in [5.74, 6) is -3.56. The number of phenolic OH excluding ortho intramolecular Hbond substituents is 1. The molecular formula is C17H11BrF2N2O3S. The number of aromatic nitrogens is 1. The van der Waals surface area contributed by atoms with Crippen LogP contribution < -0.4 is 10.5 Å². The summed E-state index contributed by atoms with van der Waals surface area (Å²) in [6.45, 7) is -0.0812. The molecule has 0 aliphatic rings. The number of rotatable bonds is 5. The summed E-state index contributed by atoms with van der Waals surface area (Å²) in [4.78, 5) is 15.6. The van der Waals surface area contributed by atoms with Gasteiger partial charge in [0, 0.05) is 5.56 Å². The van der Waals surface area contributed by atoms with Gasteiger partial charge in [-0.2, -0.15) is 0 Å². The van der Waals surface area contributed by atoms with Crippen molar-refractivity contribution < 1.29 is 23.4 Å². The molecule has 1 heterocycles. The molecule has 0 saturated heterocycles. The summed E-state index contributed by atoms with van der Waals surface area (Å²) in [7, 11) is 0. The van der Waals surface area contributed by atoms with Crippen LogP contribution in [0.1, 0.15) is 15.4 Å². The molecule has 0 unspecified atom stereocenters. The first-order chi connectivity index (χ1) is 12.4. The number of thiazole rings is 1. The molecule has 3 N–H and O–H groups in total. The van der Waals surface area contributed by atoms with E-state index in [-0.39, 0.29) is 18.1 Å². The molecule has 0 spiro atoms. The molecule has 134 valence electrons. The minimum Gasteiger partial charge on any atom is -0.508 e. The number of hydrogen-bond donors (Lipinski definition) is 2. The summed E-state index contributed by atoms with van der Waals surface area (Å²) < 4.78 is 33.7. The monoisotopic (exact) mass is 440 g/mol. The first kappa shape index (κ1) is 18.3. The van der Waals surface area contributed by atoms with Gasteiger partial charge >= 0.3 is 0 Å². The zero-order valence-corrected chi connectivity index (χ0v) is 15.4. The Morgan fingerprint density at radius 3 is 2.58 bits per heavy atom. The van der Waals surface area contributed by atoms with E-state index in [0.29, 0.717) is 10.7 Å². The van der Waals surface area contributed by atoms with Crippen molar-refractivity contribution in [3.05, 3.63) is 62.4 Å². The van der Waals surface area contributed by atoms with E-state index in [4.69, 9.17) is 10.5 Å². The molecule has 9 heteroatoms. The lowest BCUT2D eigenvalue weighted by Gasteiger charge is -2.08. The van der Waals surface area contributed by atoms with Gasteiger partial charge in [-0.3, -0.25) is 4.79 Å². The maximum Gasteiger partial charge on any atom is 0.254 e. The average molecular weight is 441 g/mol. The van der Waals surface area contributed by atoms with Crippen LogP contribution in [0.4, 0.5) is 8.78 Å². The largest absolute Gasteiger partial charge is 0.508 e. The van der Waals surface area contributed by atoms with Gasteiger partial charge in [0.1, 0.15) is 28.7 Å². The second kappa shape index (κ2) is 7.38. The number of nitrogens with zero attached hydrogens (tertiary/aromatic N) is 1. The second-order valence-electron chi connectivity index (χ2n) is 5.16. The maximum absolute atomic E-state index is 14.2. The van der Waals surface area contributed by atoms with Crippen LogP contribution >= 0.6 is 27.3 Å². The smallest absolute Gasteiger partial charge is 0.254 e. The first-order valence-corrected chi connectivity index (χ1v) is 8.83. The summed E-state index contributed by atoms with van der Waals surface area (Å²) in [5.41, 5.74) is 5.56. The fourth-order valence-electron chi connectivity index (χ4n) is 2.21. The molecule has 1 amide bonds. The molecule has 3 aromatic rings. The Morgan fingerprint density at radius 1 is 1.23 bits per heavy atom. The molecule has 3 rings (SSSR count). The van der Waals surface area contributed by atoms with Crippen molar-refractivity contribution >= 4 is 33.2 Å². The highest BCUT2D eigenvalue weighted by Crippen LogP contribution is 2.34. The zero-order valence-electron chi connectivity index (χ0n) is 13.0. The van der Waals surface area contributed by atoms with Gasteiger partial charge < -0.3 is 15.6 Å². The van der Waals surface area contributed by atoms with Gasteiger partial charge in [-0.1, -0.05) is 0 Å². The SMILES string of the molecule is NC(=O)c1c(F)ccc(OCc2nc(-c3ccc(O)cc3)c(Br)s2)c1F. The van der Waals surface area contributed by atoms with E-state index in [2.05, 4.69) is 20.9 Å². The molecule has 26 heavy (non-hydrogen) atoms. The maximum atomic E-state index is 14.2. The third-order valence-electron chi connectivity index (χ3n) is 3.42. The molecular weight excluding hydrogens is 430 g/mol. The second-order valence-corrected chi connectivity index (χ2v) is 7.57. The van der Waals surface area contributed by atoms with Gasteiger partial charge in [-0.15, -0.1) is 11.3 Å². The Labute approximate surface area is 159 Å². The summed E-state index contributed by atoms with van der Waals surface area (Å²) in [6, 6.07) is 8.49. The van der Waals surface area contributed by atoms with Crippen LogP contribution in [-0.2, 0) is 6.61 Å². The quantitative estimate of drug-likeness (QED) is 0.621. The lowest BCUT2D eigenvalue weighted by Crippen LogP contribution is -2.16. The lowest BCUT2D eigenvalue weighted by molar-refractivity contribution is 0.0991. The molecule has 0 radical (unpaired) electrons.